The molecular weight excluding hydrogens is 352 g/mol. The van der Waals surface area contributed by atoms with Crippen molar-refractivity contribution < 1.29 is 19.5 Å². The standard InChI is InChI=1S/C17H28N6O4/c1-2-3-4-5-14(11-23(26)13-24)17(25)21-20-15-10-16(19-12-18-15)22-6-8-27-9-7-22/h10,12-14,26H,2-9,11H2,1H3,(H,21,25)(H,18,19,20)/t14-/m0/s1. The van der Waals surface area contributed by atoms with E-state index in [1.165, 1.54) is 6.33 Å². The fourth-order valence-corrected chi connectivity index (χ4v) is 2.82. The van der Waals surface area contributed by atoms with Crippen LogP contribution >= 0.6 is 0 Å². The second-order valence-electron chi connectivity index (χ2n) is 6.40. The third kappa shape index (κ3) is 6.99. The predicted octanol–water partition coefficient (Wildman–Crippen LogP) is 0.800. The molecule has 10 nitrogen and oxygen atoms in total. The van der Waals surface area contributed by atoms with E-state index in [2.05, 4.69) is 32.6 Å². The number of morpholine rings is 1. The van der Waals surface area contributed by atoms with Crippen LogP contribution < -0.4 is 15.8 Å². The number of amides is 2. The van der Waals surface area contributed by atoms with Crippen LogP contribution in [0.4, 0.5) is 11.6 Å². The van der Waals surface area contributed by atoms with Gasteiger partial charge in [0.25, 0.3) is 0 Å². The molecule has 0 aromatic carbocycles. The van der Waals surface area contributed by atoms with Gasteiger partial charge in [-0.2, -0.15) is 0 Å². The minimum absolute atomic E-state index is 0.0521. The molecule has 10 heteroatoms. The zero-order valence-electron chi connectivity index (χ0n) is 15.6. The lowest BCUT2D eigenvalue weighted by atomic mass is 10.0. The van der Waals surface area contributed by atoms with Crippen molar-refractivity contribution in [1.82, 2.24) is 20.5 Å². The highest BCUT2D eigenvalue weighted by atomic mass is 16.5. The molecule has 0 unspecified atom stereocenters. The number of nitrogens with one attached hydrogen (secondary N) is 2. The Morgan fingerprint density at radius 1 is 1.41 bits per heavy atom. The molecule has 2 amide bonds. The number of aromatic nitrogens is 2. The van der Waals surface area contributed by atoms with E-state index < -0.39 is 5.92 Å². The predicted molar refractivity (Wildman–Crippen MR) is 99.0 cm³/mol. The Hall–Kier alpha value is -2.46. The van der Waals surface area contributed by atoms with Gasteiger partial charge in [0.1, 0.15) is 18.0 Å². The number of nitrogens with zero attached hydrogens (tertiary/aromatic N) is 4. The van der Waals surface area contributed by atoms with Crippen molar-refractivity contribution in [3.8, 4) is 0 Å². The molecule has 1 aromatic heterocycles. The number of ether oxygens (including phenoxy) is 1. The lowest BCUT2D eigenvalue weighted by molar-refractivity contribution is -0.154. The third-order valence-corrected chi connectivity index (χ3v) is 4.36. The van der Waals surface area contributed by atoms with E-state index in [9.17, 15) is 14.8 Å². The summed E-state index contributed by atoms with van der Waals surface area (Å²) >= 11 is 0. The van der Waals surface area contributed by atoms with Crippen molar-refractivity contribution in [3.63, 3.8) is 0 Å². The average Bonchev–Trinajstić information content (AvgIpc) is 2.72. The van der Waals surface area contributed by atoms with Gasteiger partial charge in [0.15, 0.2) is 0 Å². The molecule has 0 spiro atoms. The van der Waals surface area contributed by atoms with Crippen LogP contribution in [0.1, 0.15) is 32.6 Å². The van der Waals surface area contributed by atoms with E-state index in [0.717, 1.165) is 38.2 Å². The van der Waals surface area contributed by atoms with Crippen molar-refractivity contribution in [3.05, 3.63) is 12.4 Å². The Kier molecular flexibility index (Phi) is 8.72. The van der Waals surface area contributed by atoms with Crippen LogP contribution in [0.3, 0.4) is 0 Å². The Bertz CT molecular complexity index is 597. The minimum atomic E-state index is -0.514. The zero-order valence-corrected chi connectivity index (χ0v) is 15.6. The van der Waals surface area contributed by atoms with Gasteiger partial charge >= 0.3 is 0 Å². The van der Waals surface area contributed by atoms with E-state index in [1.54, 1.807) is 6.07 Å². The number of rotatable bonds is 11. The van der Waals surface area contributed by atoms with Crippen LogP contribution in [0.5, 0.6) is 0 Å². The highest BCUT2D eigenvalue weighted by Crippen LogP contribution is 2.15. The van der Waals surface area contributed by atoms with Gasteiger partial charge in [0, 0.05) is 19.2 Å². The summed E-state index contributed by atoms with van der Waals surface area (Å²) in [6.45, 7) is 4.82. The molecule has 0 bridgehead atoms. The van der Waals surface area contributed by atoms with Gasteiger partial charge in [-0.1, -0.05) is 26.2 Å². The maximum Gasteiger partial charge on any atom is 0.243 e. The number of anilines is 2. The largest absolute Gasteiger partial charge is 0.378 e. The molecule has 2 rings (SSSR count). The third-order valence-electron chi connectivity index (χ3n) is 4.36. The van der Waals surface area contributed by atoms with E-state index in [4.69, 9.17) is 4.74 Å². The number of hydrazine groups is 1. The fourth-order valence-electron chi connectivity index (χ4n) is 2.82. The van der Waals surface area contributed by atoms with Crippen LogP contribution in [0.15, 0.2) is 12.4 Å². The molecule has 1 saturated heterocycles. The number of hydrogen-bond acceptors (Lipinski definition) is 8. The molecule has 1 aliphatic rings. The topological polar surface area (TPSA) is 120 Å². The normalized spacial score (nSPS) is 15.1. The van der Waals surface area contributed by atoms with Gasteiger partial charge in [-0.05, 0) is 6.42 Å². The minimum Gasteiger partial charge on any atom is -0.378 e. The number of carbonyl (C=O) groups is 2. The lowest BCUT2D eigenvalue weighted by Crippen LogP contribution is -2.40. The summed E-state index contributed by atoms with van der Waals surface area (Å²) in [6, 6.07) is 1.75. The lowest BCUT2D eigenvalue weighted by Gasteiger charge is -2.27. The molecule has 0 radical (unpaired) electrons. The number of unbranched alkanes of at least 4 members (excludes halogenated alkanes) is 2. The van der Waals surface area contributed by atoms with E-state index in [0.29, 0.717) is 36.9 Å². The summed E-state index contributed by atoms with van der Waals surface area (Å²) in [7, 11) is 0. The summed E-state index contributed by atoms with van der Waals surface area (Å²) in [6.07, 6.45) is 5.16. The number of hydrogen-bond donors (Lipinski definition) is 3. The second-order valence-corrected chi connectivity index (χ2v) is 6.40. The van der Waals surface area contributed by atoms with Gasteiger partial charge in [-0.15, -0.1) is 0 Å². The van der Waals surface area contributed by atoms with Crippen LogP contribution in [-0.4, -0.2) is 65.4 Å². The number of hydroxylamine groups is 2. The van der Waals surface area contributed by atoms with Gasteiger partial charge in [0.2, 0.25) is 12.3 Å². The first-order valence-corrected chi connectivity index (χ1v) is 9.25. The summed E-state index contributed by atoms with van der Waals surface area (Å²) in [5.74, 6) is 0.397. The second kappa shape index (κ2) is 11.3. The van der Waals surface area contributed by atoms with E-state index in [1.807, 2.05) is 0 Å². The summed E-state index contributed by atoms with van der Waals surface area (Å²) < 4.78 is 5.33. The Labute approximate surface area is 158 Å². The van der Waals surface area contributed by atoms with Crippen molar-refractivity contribution in [2.24, 2.45) is 5.92 Å². The summed E-state index contributed by atoms with van der Waals surface area (Å²) in [5.41, 5.74) is 5.40. The van der Waals surface area contributed by atoms with Crippen LogP contribution in [0.25, 0.3) is 0 Å². The van der Waals surface area contributed by atoms with Crippen molar-refractivity contribution >= 4 is 24.0 Å². The Morgan fingerprint density at radius 2 is 2.19 bits per heavy atom. The molecule has 0 saturated carbocycles. The fraction of sp³-hybridized carbons (Fsp3) is 0.647. The first-order valence-electron chi connectivity index (χ1n) is 9.25. The molecule has 27 heavy (non-hydrogen) atoms. The van der Waals surface area contributed by atoms with Crippen molar-refractivity contribution in [1.29, 1.82) is 0 Å². The molecule has 1 atom stereocenters. The maximum absolute atomic E-state index is 12.5. The summed E-state index contributed by atoms with van der Waals surface area (Å²) in [4.78, 5) is 33.6. The van der Waals surface area contributed by atoms with Crippen LogP contribution in [0, 0.1) is 5.92 Å². The first-order chi connectivity index (χ1) is 13.1. The van der Waals surface area contributed by atoms with Crippen molar-refractivity contribution in [2.45, 2.75) is 32.6 Å². The molecule has 3 N–H and O–H groups in total. The number of carbonyl (C=O) groups excluding carboxylic acids is 2. The van der Waals surface area contributed by atoms with E-state index >= 15 is 0 Å². The Morgan fingerprint density at radius 3 is 2.89 bits per heavy atom. The van der Waals surface area contributed by atoms with Crippen LogP contribution in [-0.2, 0) is 14.3 Å². The Balaban J connectivity index is 1.91. The quantitative estimate of drug-likeness (QED) is 0.223. The van der Waals surface area contributed by atoms with Gasteiger partial charge in [0.05, 0.1) is 25.7 Å². The molecule has 2 heterocycles. The van der Waals surface area contributed by atoms with Gasteiger partial charge in [-0.25, -0.2) is 15.0 Å². The molecule has 1 aliphatic heterocycles. The molecule has 1 fully saturated rings. The highest BCUT2D eigenvalue weighted by Gasteiger charge is 2.21. The van der Waals surface area contributed by atoms with Gasteiger partial charge in [-0.3, -0.25) is 25.6 Å². The SMILES string of the molecule is CCCCC[C@@H](CN(O)C=O)C(=O)NNc1cc(N2CCOCC2)ncn1. The molecular formula is C17H28N6O4. The molecule has 1 aromatic rings. The average molecular weight is 380 g/mol. The maximum atomic E-state index is 12.5. The van der Waals surface area contributed by atoms with Crippen LogP contribution in [0.2, 0.25) is 0 Å². The molecule has 150 valence electrons. The first kappa shape index (κ1) is 20.8. The van der Waals surface area contributed by atoms with Crippen molar-refractivity contribution in [2.75, 3.05) is 43.2 Å². The molecule has 0 aliphatic carbocycles. The summed E-state index contributed by atoms with van der Waals surface area (Å²) in [5, 5.41) is 9.93. The van der Waals surface area contributed by atoms with Gasteiger partial charge < -0.3 is 9.64 Å². The zero-order chi connectivity index (χ0) is 19.5. The highest BCUT2D eigenvalue weighted by molar-refractivity contribution is 5.80. The van der Waals surface area contributed by atoms with E-state index in [-0.39, 0.29) is 12.5 Å². The smallest absolute Gasteiger partial charge is 0.243 e. The monoisotopic (exact) mass is 380 g/mol.